The molecule has 0 aromatic heterocycles. The van der Waals surface area contributed by atoms with E-state index in [9.17, 15) is 4.79 Å². The fourth-order valence-electron chi connectivity index (χ4n) is 3.02. The average Bonchev–Trinajstić information content (AvgIpc) is 2.63. The minimum absolute atomic E-state index is 0.0423. The first-order chi connectivity index (χ1) is 12.1. The highest BCUT2D eigenvalue weighted by molar-refractivity contribution is 6.33. The number of carbonyl (C=O) groups excluding carboxylic acids is 1. The van der Waals surface area contributed by atoms with Crippen molar-refractivity contribution in [1.29, 1.82) is 0 Å². The van der Waals surface area contributed by atoms with E-state index in [1.807, 2.05) is 49.4 Å². The molecular weight excluding hydrogens is 357 g/mol. The Labute approximate surface area is 158 Å². The Morgan fingerprint density at radius 1 is 0.960 bits per heavy atom. The van der Waals surface area contributed by atoms with Gasteiger partial charge in [-0.15, -0.1) is 0 Å². The van der Waals surface area contributed by atoms with E-state index >= 15 is 0 Å². The van der Waals surface area contributed by atoms with E-state index in [-0.39, 0.29) is 11.9 Å². The number of nitrogens with zero attached hydrogens (tertiary/aromatic N) is 2. The van der Waals surface area contributed by atoms with Crippen molar-refractivity contribution in [3.8, 4) is 0 Å². The van der Waals surface area contributed by atoms with Crippen molar-refractivity contribution in [2.24, 2.45) is 0 Å². The van der Waals surface area contributed by atoms with Crippen LogP contribution >= 0.6 is 23.2 Å². The van der Waals surface area contributed by atoms with E-state index in [2.05, 4.69) is 15.1 Å². The van der Waals surface area contributed by atoms with Crippen LogP contribution in [0.5, 0.6) is 0 Å². The van der Waals surface area contributed by atoms with E-state index in [1.165, 1.54) is 0 Å². The Bertz CT molecular complexity index is 745. The minimum Gasteiger partial charge on any atom is -0.368 e. The molecular formula is C19H21Cl2N3O. The van der Waals surface area contributed by atoms with Crippen LogP contribution in [0.4, 0.5) is 11.4 Å². The van der Waals surface area contributed by atoms with Crippen molar-refractivity contribution < 1.29 is 4.79 Å². The van der Waals surface area contributed by atoms with Gasteiger partial charge in [0.2, 0.25) is 5.91 Å². The number of hydrogen-bond acceptors (Lipinski definition) is 3. The summed E-state index contributed by atoms with van der Waals surface area (Å²) < 4.78 is 0. The van der Waals surface area contributed by atoms with Crippen LogP contribution in [0.2, 0.25) is 10.0 Å². The molecule has 6 heteroatoms. The van der Waals surface area contributed by atoms with Gasteiger partial charge in [0.25, 0.3) is 0 Å². The molecule has 1 aliphatic heterocycles. The van der Waals surface area contributed by atoms with Gasteiger partial charge in [0, 0.05) is 26.2 Å². The zero-order valence-corrected chi connectivity index (χ0v) is 15.6. The zero-order valence-electron chi connectivity index (χ0n) is 14.1. The van der Waals surface area contributed by atoms with E-state index < -0.39 is 0 Å². The van der Waals surface area contributed by atoms with Gasteiger partial charge in [0.1, 0.15) is 0 Å². The average molecular weight is 378 g/mol. The van der Waals surface area contributed by atoms with Crippen LogP contribution in [0.1, 0.15) is 6.92 Å². The first-order valence-corrected chi connectivity index (χ1v) is 9.11. The molecule has 0 radical (unpaired) electrons. The number of carbonyl (C=O) groups is 1. The monoisotopic (exact) mass is 377 g/mol. The van der Waals surface area contributed by atoms with E-state index in [0.29, 0.717) is 10.7 Å². The highest BCUT2D eigenvalue weighted by Crippen LogP contribution is 2.26. The van der Waals surface area contributed by atoms with Crippen molar-refractivity contribution in [2.75, 3.05) is 36.4 Å². The fraction of sp³-hybridized carbons (Fsp3) is 0.316. The van der Waals surface area contributed by atoms with Crippen molar-refractivity contribution in [1.82, 2.24) is 4.90 Å². The Kier molecular flexibility index (Phi) is 5.84. The molecule has 0 bridgehead atoms. The number of halogens is 2. The smallest absolute Gasteiger partial charge is 0.241 e. The second kappa shape index (κ2) is 8.09. The summed E-state index contributed by atoms with van der Waals surface area (Å²) in [7, 11) is 0. The quantitative estimate of drug-likeness (QED) is 0.869. The highest BCUT2D eigenvalue weighted by atomic mass is 35.5. The van der Waals surface area contributed by atoms with E-state index in [4.69, 9.17) is 23.2 Å². The summed E-state index contributed by atoms with van der Waals surface area (Å²) in [5, 5.41) is 4.22. The lowest BCUT2D eigenvalue weighted by Gasteiger charge is -2.38. The molecule has 1 fully saturated rings. The molecule has 0 spiro atoms. The molecule has 2 aromatic carbocycles. The zero-order chi connectivity index (χ0) is 17.8. The third-order valence-electron chi connectivity index (χ3n) is 4.57. The maximum Gasteiger partial charge on any atom is 0.241 e. The van der Waals surface area contributed by atoms with Gasteiger partial charge in [-0.05, 0) is 31.2 Å². The molecule has 0 aliphatic carbocycles. The molecule has 3 rings (SSSR count). The Morgan fingerprint density at radius 3 is 2.20 bits per heavy atom. The van der Waals surface area contributed by atoms with Crippen LogP contribution in [-0.2, 0) is 4.79 Å². The molecule has 4 nitrogen and oxygen atoms in total. The van der Waals surface area contributed by atoms with Gasteiger partial charge in [-0.1, -0.05) is 47.5 Å². The normalized spacial score (nSPS) is 16.5. The molecule has 0 saturated carbocycles. The molecule has 132 valence electrons. The highest BCUT2D eigenvalue weighted by Gasteiger charge is 2.26. The molecule has 1 N–H and O–H groups in total. The van der Waals surface area contributed by atoms with Crippen molar-refractivity contribution >= 4 is 40.5 Å². The van der Waals surface area contributed by atoms with Crippen LogP contribution in [0, 0.1) is 0 Å². The van der Waals surface area contributed by atoms with Gasteiger partial charge in [0.15, 0.2) is 0 Å². The summed E-state index contributed by atoms with van der Waals surface area (Å²) in [5.74, 6) is -0.0423. The second-order valence-corrected chi connectivity index (χ2v) is 6.93. The predicted molar refractivity (Wildman–Crippen MR) is 105 cm³/mol. The number of rotatable bonds is 4. The number of nitrogens with one attached hydrogen (secondary N) is 1. The summed E-state index contributed by atoms with van der Waals surface area (Å²) in [6, 6.07) is 14.9. The summed E-state index contributed by atoms with van der Waals surface area (Å²) in [4.78, 5) is 17.0. The van der Waals surface area contributed by atoms with Gasteiger partial charge in [-0.25, -0.2) is 0 Å². The lowest BCUT2D eigenvalue weighted by atomic mass is 10.2. The van der Waals surface area contributed by atoms with Crippen LogP contribution in [0.25, 0.3) is 0 Å². The minimum atomic E-state index is -0.218. The first kappa shape index (κ1) is 18.1. The molecule has 25 heavy (non-hydrogen) atoms. The maximum atomic E-state index is 12.5. The number of benzene rings is 2. The summed E-state index contributed by atoms with van der Waals surface area (Å²) in [6.45, 7) is 5.23. The Morgan fingerprint density at radius 2 is 1.56 bits per heavy atom. The summed E-state index contributed by atoms with van der Waals surface area (Å²) in [5.41, 5.74) is 1.70. The van der Waals surface area contributed by atoms with Crippen LogP contribution < -0.4 is 10.2 Å². The van der Waals surface area contributed by atoms with Gasteiger partial charge in [-0.2, -0.15) is 0 Å². The lowest BCUT2D eigenvalue weighted by Crippen LogP contribution is -2.52. The van der Waals surface area contributed by atoms with Crippen LogP contribution in [0.15, 0.2) is 48.5 Å². The van der Waals surface area contributed by atoms with Gasteiger partial charge >= 0.3 is 0 Å². The molecule has 1 heterocycles. The Hall–Kier alpha value is -1.75. The largest absolute Gasteiger partial charge is 0.368 e. The summed E-state index contributed by atoms with van der Waals surface area (Å²) in [6.07, 6.45) is 0. The van der Waals surface area contributed by atoms with Gasteiger partial charge in [0.05, 0.1) is 27.5 Å². The SMILES string of the molecule is C[C@H](C(=O)Nc1ccccc1Cl)N1CCN(c2ccccc2Cl)CC1. The molecule has 2 aromatic rings. The third kappa shape index (κ3) is 4.27. The first-order valence-electron chi connectivity index (χ1n) is 8.35. The predicted octanol–water partition coefficient (Wildman–Crippen LogP) is 4.14. The molecule has 0 unspecified atom stereocenters. The number of piperazine rings is 1. The van der Waals surface area contributed by atoms with Crippen molar-refractivity contribution in [3.63, 3.8) is 0 Å². The molecule has 1 atom stereocenters. The number of amides is 1. The van der Waals surface area contributed by atoms with Crippen LogP contribution in [-0.4, -0.2) is 43.0 Å². The topological polar surface area (TPSA) is 35.6 Å². The second-order valence-electron chi connectivity index (χ2n) is 6.12. The van der Waals surface area contributed by atoms with Crippen molar-refractivity contribution in [2.45, 2.75) is 13.0 Å². The Balaban J connectivity index is 1.58. The van der Waals surface area contributed by atoms with Crippen molar-refractivity contribution in [3.05, 3.63) is 58.6 Å². The van der Waals surface area contributed by atoms with Crippen LogP contribution in [0.3, 0.4) is 0 Å². The maximum absolute atomic E-state index is 12.5. The van der Waals surface area contributed by atoms with Gasteiger partial charge < -0.3 is 10.2 Å². The molecule has 1 amide bonds. The number of anilines is 2. The lowest BCUT2D eigenvalue weighted by molar-refractivity contribution is -0.120. The third-order valence-corrected chi connectivity index (χ3v) is 5.22. The molecule has 1 aliphatic rings. The summed E-state index contributed by atoms with van der Waals surface area (Å²) >= 11 is 12.4. The molecule has 1 saturated heterocycles. The number of para-hydroxylation sites is 2. The van der Waals surface area contributed by atoms with Gasteiger partial charge in [-0.3, -0.25) is 9.69 Å². The standard InChI is InChI=1S/C19H21Cl2N3O/c1-14(19(25)22-17-8-4-2-6-15(17)20)23-10-12-24(13-11-23)18-9-5-3-7-16(18)21/h2-9,14H,10-13H2,1H3,(H,22,25)/t14-/m1/s1. The van der Waals surface area contributed by atoms with E-state index in [1.54, 1.807) is 6.07 Å². The fourth-order valence-corrected chi connectivity index (χ4v) is 3.46. The number of hydrogen-bond donors (Lipinski definition) is 1. The van der Waals surface area contributed by atoms with E-state index in [0.717, 1.165) is 36.9 Å².